The van der Waals surface area contributed by atoms with Crippen LogP contribution in [0, 0.1) is 11.8 Å². The van der Waals surface area contributed by atoms with E-state index in [1.54, 1.807) is 0 Å². The van der Waals surface area contributed by atoms with E-state index < -0.39 is 0 Å². The zero-order chi connectivity index (χ0) is 11.2. The minimum atomic E-state index is 0.375. The molecule has 0 amide bonds. The largest absolute Gasteiger partial charge is 0.309 e. The van der Waals surface area contributed by atoms with Crippen LogP contribution in [0.2, 0.25) is 0 Å². The first-order valence-corrected chi connectivity index (χ1v) is 7.19. The average Bonchev–Trinajstić information content (AvgIpc) is 3.12. The number of hydrogen-bond acceptors (Lipinski definition) is 2. The van der Waals surface area contributed by atoms with Gasteiger partial charge in [-0.05, 0) is 50.9 Å². The van der Waals surface area contributed by atoms with Gasteiger partial charge in [0.15, 0.2) is 0 Å². The summed E-state index contributed by atoms with van der Waals surface area (Å²) in [6, 6.07) is 0.861. The van der Waals surface area contributed by atoms with Crippen LogP contribution in [0.4, 0.5) is 0 Å². The Morgan fingerprint density at radius 3 is 2.56 bits per heavy atom. The standard InChI is InChI=1S/C14H26N2/c1-3-14(2)10-16(9-11-4-5-11)13(8-15-14)12-6-7-12/h11-13,15H,3-10H2,1-2H3. The van der Waals surface area contributed by atoms with E-state index in [0.717, 1.165) is 17.9 Å². The average molecular weight is 222 g/mol. The predicted octanol–water partition coefficient (Wildman–Crippen LogP) is 2.25. The van der Waals surface area contributed by atoms with Crippen molar-refractivity contribution in [1.82, 2.24) is 10.2 Å². The van der Waals surface area contributed by atoms with Gasteiger partial charge in [-0.3, -0.25) is 4.90 Å². The number of rotatable bonds is 4. The first-order valence-electron chi connectivity index (χ1n) is 7.19. The van der Waals surface area contributed by atoms with E-state index in [4.69, 9.17) is 0 Å². The predicted molar refractivity (Wildman–Crippen MR) is 67.5 cm³/mol. The molecule has 1 saturated heterocycles. The fourth-order valence-electron chi connectivity index (χ4n) is 3.12. The molecule has 2 unspecified atom stereocenters. The summed E-state index contributed by atoms with van der Waals surface area (Å²) >= 11 is 0. The Morgan fingerprint density at radius 1 is 1.25 bits per heavy atom. The number of nitrogens with zero attached hydrogens (tertiary/aromatic N) is 1. The van der Waals surface area contributed by atoms with Crippen molar-refractivity contribution in [3.8, 4) is 0 Å². The van der Waals surface area contributed by atoms with Crippen LogP contribution in [0.15, 0.2) is 0 Å². The Hall–Kier alpha value is -0.0800. The van der Waals surface area contributed by atoms with Crippen molar-refractivity contribution in [2.45, 2.75) is 57.5 Å². The van der Waals surface area contributed by atoms with Gasteiger partial charge in [0.05, 0.1) is 0 Å². The third-order valence-electron chi connectivity index (χ3n) is 4.90. The first kappa shape index (κ1) is 11.0. The van der Waals surface area contributed by atoms with Gasteiger partial charge < -0.3 is 5.32 Å². The second kappa shape index (κ2) is 3.99. The van der Waals surface area contributed by atoms with E-state index in [9.17, 15) is 0 Å². The molecule has 0 aromatic carbocycles. The third-order valence-corrected chi connectivity index (χ3v) is 4.90. The lowest BCUT2D eigenvalue weighted by atomic mass is 9.92. The van der Waals surface area contributed by atoms with Gasteiger partial charge in [-0.1, -0.05) is 6.92 Å². The van der Waals surface area contributed by atoms with E-state index in [0.29, 0.717) is 5.54 Å². The van der Waals surface area contributed by atoms with Crippen LogP contribution < -0.4 is 5.32 Å². The highest BCUT2D eigenvalue weighted by atomic mass is 15.3. The molecule has 92 valence electrons. The Labute approximate surface area is 99.8 Å². The molecule has 1 aliphatic heterocycles. The molecule has 2 saturated carbocycles. The van der Waals surface area contributed by atoms with E-state index in [1.165, 1.54) is 51.7 Å². The van der Waals surface area contributed by atoms with Crippen molar-refractivity contribution in [3.05, 3.63) is 0 Å². The molecule has 3 rings (SSSR count). The van der Waals surface area contributed by atoms with Gasteiger partial charge in [0.25, 0.3) is 0 Å². The van der Waals surface area contributed by atoms with Crippen LogP contribution in [0.3, 0.4) is 0 Å². The molecule has 2 nitrogen and oxygen atoms in total. The molecule has 3 aliphatic rings. The van der Waals surface area contributed by atoms with Crippen molar-refractivity contribution < 1.29 is 0 Å². The molecule has 3 fully saturated rings. The fraction of sp³-hybridized carbons (Fsp3) is 1.00. The molecule has 0 spiro atoms. The maximum atomic E-state index is 3.80. The summed E-state index contributed by atoms with van der Waals surface area (Å²) in [6.07, 6.45) is 7.20. The van der Waals surface area contributed by atoms with Gasteiger partial charge in [-0.2, -0.15) is 0 Å². The second-order valence-electron chi connectivity index (χ2n) is 6.57. The molecular weight excluding hydrogens is 196 g/mol. The molecule has 2 aliphatic carbocycles. The molecule has 0 aromatic heterocycles. The first-order chi connectivity index (χ1) is 7.70. The lowest BCUT2D eigenvalue weighted by molar-refractivity contribution is 0.0687. The van der Waals surface area contributed by atoms with Crippen molar-refractivity contribution in [3.63, 3.8) is 0 Å². The highest BCUT2D eigenvalue weighted by Gasteiger charge is 2.43. The number of piperazine rings is 1. The van der Waals surface area contributed by atoms with Crippen LogP contribution >= 0.6 is 0 Å². The summed E-state index contributed by atoms with van der Waals surface area (Å²) < 4.78 is 0. The van der Waals surface area contributed by atoms with Crippen LogP contribution in [0.5, 0.6) is 0 Å². The zero-order valence-electron chi connectivity index (χ0n) is 10.8. The van der Waals surface area contributed by atoms with Crippen LogP contribution in [0.25, 0.3) is 0 Å². The smallest absolute Gasteiger partial charge is 0.0278 e. The molecule has 2 atom stereocenters. The van der Waals surface area contributed by atoms with Crippen molar-refractivity contribution in [2.24, 2.45) is 11.8 Å². The Bertz CT molecular complexity index is 257. The maximum Gasteiger partial charge on any atom is 0.0278 e. The van der Waals surface area contributed by atoms with Crippen LogP contribution in [-0.2, 0) is 0 Å². The molecule has 16 heavy (non-hydrogen) atoms. The Kier molecular flexibility index (Phi) is 2.75. The van der Waals surface area contributed by atoms with E-state index in [1.807, 2.05) is 0 Å². The second-order valence-corrected chi connectivity index (χ2v) is 6.57. The van der Waals surface area contributed by atoms with Crippen LogP contribution in [-0.4, -0.2) is 36.1 Å². The van der Waals surface area contributed by atoms with Gasteiger partial charge in [0.2, 0.25) is 0 Å². The van der Waals surface area contributed by atoms with Gasteiger partial charge in [-0.15, -0.1) is 0 Å². The highest BCUT2D eigenvalue weighted by Crippen LogP contribution is 2.39. The molecule has 1 N–H and O–H groups in total. The quantitative estimate of drug-likeness (QED) is 0.785. The van der Waals surface area contributed by atoms with Crippen molar-refractivity contribution in [1.29, 1.82) is 0 Å². The summed E-state index contributed by atoms with van der Waals surface area (Å²) in [5, 5.41) is 3.80. The lowest BCUT2D eigenvalue weighted by Crippen LogP contribution is -2.63. The topological polar surface area (TPSA) is 15.3 Å². The van der Waals surface area contributed by atoms with E-state index in [2.05, 4.69) is 24.1 Å². The molecule has 0 aromatic rings. The molecule has 2 heteroatoms. The highest BCUT2D eigenvalue weighted by molar-refractivity contribution is 5.00. The summed E-state index contributed by atoms with van der Waals surface area (Å²) in [7, 11) is 0. The fourth-order valence-corrected chi connectivity index (χ4v) is 3.12. The van der Waals surface area contributed by atoms with Gasteiger partial charge in [0, 0.05) is 31.2 Å². The number of hydrogen-bond donors (Lipinski definition) is 1. The zero-order valence-corrected chi connectivity index (χ0v) is 10.8. The summed E-state index contributed by atoms with van der Waals surface area (Å²) in [4.78, 5) is 2.83. The van der Waals surface area contributed by atoms with Gasteiger partial charge in [-0.25, -0.2) is 0 Å². The lowest BCUT2D eigenvalue weighted by Gasteiger charge is -2.46. The summed E-state index contributed by atoms with van der Waals surface area (Å²) in [6.45, 7) is 8.62. The molecular formula is C14H26N2. The third kappa shape index (κ3) is 2.28. The normalized spacial score (nSPS) is 41.2. The van der Waals surface area contributed by atoms with Crippen molar-refractivity contribution in [2.75, 3.05) is 19.6 Å². The van der Waals surface area contributed by atoms with Gasteiger partial charge >= 0.3 is 0 Å². The molecule has 1 heterocycles. The van der Waals surface area contributed by atoms with E-state index >= 15 is 0 Å². The Morgan fingerprint density at radius 2 is 2.00 bits per heavy atom. The van der Waals surface area contributed by atoms with Crippen molar-refractivity contribution >= 4 is 0 Å². The molecule has 0 radical (unpaired) electrons. The molecule has 0 bridgehead atoms. The van der Waals surface area contributed by atoms with Crippen LogP contribution in [0.1, 0.15) is 46.0 Å². The number of nitrogens with one attached hydrogen (secondary N) is 1. The van der Waals surface area contributed by atoms with Gasteiger partial charge in [0.1, 0.15) is 0 Å². The monoisotopic (exact) mass is 222 g/mol. The Balaban J connectivity index is 1.65. The minimum Gasteiger partial charge on any atom is -0.309 e. The maximum absolute atomic E-state index is 3.80. The SMILES string of the molecule is CCC1(C)CN(CC2CC2)C(C2CC2)CN1. The summed E-state index contributed by atoms with van der Waals surface area (Å²) in [5.74, 6) is 2.06. The summed E-state index contributed by atoms with van der Waals surface area (Å²) in [5.41, 5.74) is 0.375. The van der Waals surface area contributed by atoms with E-state index in [-0.39, 0.29) is 0 Å². The minimum absolute atomic E-state index is 0.375.